The molecule has 0 unspecified atom stereocenters. The van der Waals surface area contributed by atoms with Crippen molar-refractivity contribution in [2.75, 3.05) is 0 Å². The summed E-state index contributed by atoms with van der Waals surface area (Å²) in [6.07, 6.45) is 10.2. The number of thiophene rings is 1. The van der Waals surface area contributed by atoms with Crippen molar-refractivity contribution >= 4 is 27.5 Å². The Morgan fingerprint density at radius 1 is 1.28 bits per heavy atom. The van der Waals surface area contributed by atoms with Gasteiger partial charge in [0.05, 0.1) is 5.39 Å². The minimum absolute atomic E-state index is 0.0849. The smallest absolute Gasteiger partial charge is 0.225 e. The van der Waals surface area contributed by atoms with Gasteiger partial charge in [-0.1, -0.05) is 13.3 Å². The largest absolute Gasteiger partial charge is 0.474 e. The lowest BCUT2D eigenvalue weighted by atomic mass is 9.85. The second-order valence-corrected chi connectivity index (χ2v) is 8.46. The molecule has 1 saturated carbocycles. The minimum Gasteiger partial charge on any atom is -0.474 e. The number of carbonyl (C=O) groups is 1. The maximum absolute atomic E-state index is 11.6. The van der Waals surface area contributed by atoms with E-state index in [-0.39, 0.29) is 17.9 Å². The Morgan fingerprint density at radius 3 is 2.80 bits per heavy atom. The van der Waals surface area contributed by atoms with Crippen molar-refractivity contribution in [3.8, 4) is 5.88 Å². The molecule has 2 aromatic rings. The Hall–Kier alpha value is -1.69. The molecular weight excluding hydrogens is 334 g/mol. The van der Waals surface area contributed by atoms with Crippen LogP contribution in [0.4, 0.5) is 0 Å². The molecule has 0 spiro atoms. The molecule has 2 heterocycles. The van der Waals surface area contributed by atoms with E-state index in [0.29, 0.717) is 12.3 Å². The molecular formula is C19H25N3O2S. The van der Waals surface area contributed by atoms with Crippen LogP contribution in [0.2, 0.25) is 0 Å². The summed E-state index contributed by atoms with van der Waals surface area (Å²) in [6.45, 7) is 2.27. The number of hydrogen-bond acceptors (Lipinski definition) is 5. The summed E-state index contributed by atoms with van der Waals surface area (Å²) in [7, 11) is 0. The van der Waals surface area contributed by atoms with Gasteiger partial charge < -0.3 is 10.5 Å². The van der Waals surface area contributed by atoms with Crippen molar-refractivity contribution in [2.45, 2.75) is 64.4 Å². The van der Waals surface area contributed by atoms with Crippen molar-refractivity contribution in [3.05, 3.63) is 16.8 Å². The SMILES string of the molecule is CCC1CCC(Oc2ncnc3sc4c(c23)C[C@H](C(N)=O)CC4)CC1. The fourth-order valence-electron chi connectivity index (χ4n) is 4.23. The molecule has 5 nitrogen and oxygen atoms in total. The Balaban J connectivity index is 1.62. The third-order valence-electron chi connectivity index (χ3n) is 5.86. The van der Waals surface area contributed by atoms with E-state index in [1.54, 1.807) is 17.7 Å². The second-order valence-electron chi connectivity index (χ2n) is 7.37. The summed E-state index contributed by atoms with van der Waals surface area (Å²) in [5.74, 6) is 1.25. The van der Waals surface area contributed by atoms with Crippen LogP contribution in [0, 0.1) is 11.8 Å². The number of ether oxygens (including phenoxy) is 1. The molecule has 2 aromatic heterocycles. The number of amides is 1. The first-order valence-electron chi connectivity index (χ1n) is 9.37. The average molecular weight is 359 g/mol. The van der Waals surface area contributed by atoms with E-state index in [4.69, 9.17) is 10.5 Å². The van der Waals surface area contributed by atoms with Gasteiger partial charge in [-0.25, -0.2) is 9.97 Å². The van der Waals surface area contributed by atoms with Crippen LogP contribution >= 0.6 is 11.3 Å². The molecule has 0 radical (unpaired) electrons. The molecule has 2 aliphatic rings. The molecule has 0 aromatic carbocycles. The van der Waals surface area contributed by atoms with Gasteiger partial charge in [0.25, 0.3) is 0 Å². The lowest BCUT2D eigenvalue weighted by Crippen LogP contribution is -2.28. The van der Waals surface area contributed by atoms with E-state index >= 15 is 0 Å². The minimum atomic E-state index is -0.206. The van der Waals surface area contributed by atoms with E-state index in [1.807, 2.05) is 0 Å². The Bertz CT molecular complexity index is 780. The van der Waals surface area contributed by atoms with E-state index in [1.165, 1.54) is 29.7 Å². The van der Waals surface area contributed by atoms with Crippen molar-refractivity contribution in [1.29, 1.82) is 0 Å². The van der Waals surface area contributed by atoms with Crippen LogP contribution in [0.5, 0.6) is 5.88 Å². The molecule has 134 valence electrons. The second kappa shape index (κ2) is 6.90. The number of carbonyl (C=O) groups excluding carboxylic acids is 1. The van der Waals surface area contributed by atoms with Crippen LogP contribution in [0.25, 0.3) is 10.2 Å². The molecule has 6 heteroatoms. The lowest BCUT2D eigenvalue weighted by molar-refractivity contribution is -0.122. The molecule has 1 atom stereocenters. The molecule has 0 aliphatic heterocycles. The molecule has 0 saturated heterocycles. The normalized spacial score (nSPS) is 26.4. The number of rotatable bonds is 4. The first-order valence-corrected chi connectivity index (χ1v) is 10.2. The molecule has 25 heavy (non-hydrogen) atoms. The van der Waals surface area contributed by atoms with E-state index in [2.05, 4.69) is 16.9 Å². The Morgan fingerprint density at radius 2 is 2.08 bits per heavy atom. The van der Waals surface area contributed by atoms with Gasteiger partial charge in [-0.2, -0.15) is 0 Å². The fraction of sp³-hybridized carbons (Fsp3) is 0.632. The zero-order valence-corrected chi connectivity index (χ0v) is 15.5. The summed E-state index contributed by atoms with van der Waals surface area (Å²) >= 11 is 1.71. The number of fused-ring (bicyclic) bond motifs is 3. The number of nitrogens with zero attached hydrogens (tertiary/aromatic N) is 2. The third kappa shape index (κ3) is 3.24. The van der Waals surface area contributed by atoms with Crippen molar-refractivity contribution in [2.24, 2.45) is 17.6 Å². The Kier molecular flexibility index (Phi) is 4.63. The maximum atomic E-state index is 11.6. The molecule has 0 bridgehead atoms. The highest BCUT2D eigenvalue weighted by Gasteiger charge is 2.29. The average Bonchev–Trinajstić information content (AvgIpc) is 3.01. The Labute approximate surface area is 152 Å². The highest BCUT2D eigenvalue weighted by atomic mass is 32.1. The molecule has 2 N–H and O–H groups in total. The van der Waals surface area contributed by atoms with Crippen molar-refractivity contribution < 1.29 is 9.53 Å². The van der Waals surface area contributed by atoms with E-state index in [9.17, 15) is 4.79 Å². The number of nitrogens with two attached hydrogens (primary N) is 1. The van der Waals surface area contributed by atoms with Gasteiger partial charge in [0.15, 0.2) is 0 Å². The van der Waals surface area contributed by atoms with Crippen molar-refractivity contribution in [1.82, 2.24) is 9.97 Å². The van der Waals surface area contributed by atoms with Gasteiger partial charge in [-0.05, 0) is 56.4 Å². The van der Waals surface area contributed by atoms with Crippen LogP contribution in [0.1, 0.15) is 55.9 Å². The quantitative estimate of drug-likeness (QED) is 0.904. The van der Waals surface area contributed by atoms with Gasteiger partial charge in [0, 0.05) is 10.8 Å². The summed E-state index contributed by atoms with van der Waals surface area (Å²) in [6, 6.07) is 0. The molecule has 1 fully saturated rings. The van der Waals surface area contributed by atoms with Crippen LogP contribution < -0.4 is 10.5 Å². The van der Waals surface area contributed by atoms with Gasteiger partial charge in [0.1, 0.15) is 17.3 Å². The van der Waals surface area contributed by atoms with Crippen LogP contribution in [-0.2, 0) is 17.6 Å². The highest BCUT2D eigenvalue weighted by molar-refractivity contribution is 7.18. The van der Waals surface area contributed by atoms with E-state index < -0.39 is 0 Å². The number of primary amides is 1. The summed E-state index contributed by atoms with van der Waals surface area (Å²) in [5, 5.41) is 1.02. The van der Waals surface area contributed by atoms with Crippen LogP contribution in [0.15, 0.2) is 6.33 Å². The van der Waals surface area contributed by atoms with Gasteiger partial charge in [-0.15, -0.1) is 11.3 Å². The number of aryl methyl sites for hydroxylation is 1. The van der Waals surface area contributed by atoms with Gasteiger partial charge in [-0.3, -0.25) is 4.79 Å². The molecule has 1 amide bonds. The van der Waals surface area contributed by atoms with Crippen molar-refractivity contribution in [3.63, 3.8) is 0 Å². The molecule has 4 rings (SSSR count). The van der Waals surface area contributed by atoms with Gasteiger partial charge in [0.2, 0.25) is 11.8 Å². The predicted molar refractivity (Wildman–Crippen MR) is 98.8 cm³/mol. The highest BCUT2D eigenvalue weighted by Crippen LogP contribution is 2.41. The predicted octanol–water partition coefficient (Wildman–Crippen LogP) is 3.63. The maximum Gasteiger partial charge on any atom is 0.225 e. The van der Waals surface area contributed by atoms with Gasteiger partial charge >= 0.3 is 0 Å². The zero-order chi connectivity index (χ0) is 17.4. The first kappa shape index (κ1) is 16.8. The monoisotopic (exact) mass is 359 g/mol. The number of hydrogen-bond donors (Lipinski definition) is 1. The van der Waals surface area contributed by atoms with Crippen LogP contribution in [0.3, 0.4) is 0 Å². The molecule has 2 aliphatic carbocycles. The number of aromatic nitrogens is 2. The summed E-state index contributed by atoms with van der Waals surface area (Å²) in [4.78, 5) is 22.8. The zero-order valence-electron chi connectivity index (χ0n) is 14.7. The standard InChI is InChI=1S/C19H25N3O2S/c1-2-11-3-6-13(7-4-11)24-18-16-14-9-12(17(20)23)5-8-15(14)25-19(16)22-10-21-18/h10-13H,2-9H2,1H3,(H2,20,23)/t11?,12-,13?/m1/s1. The first-order chi connectivity index (χ1) is 12.2. The van der Waals surface area contributed by atoms with E-state index in [0.717, 1.165) is 41.8 Å². The summed E-state index contributed by atoms with van der Waals surface area (Å²) < 4.78 is 6.32. The topological polar surface area (TPSA) is 78.1 Å². The van der Waals surface area contributed by atoms with Crippen LogP contribution in [-0.4, -0.2) is 22.0 Å². The summed E-state index contributed by atoms with van der Waals surface area (Å²) in [5.41, 5.74) is 6.74. The fourth-order valence-corrected chi connectivity index (χ4v) is 5.40. The lowest BCUT2D eigenvalue weighted by Gasteiger charge is -2.28. The third-order valence-corrected chi connectivity index (χ3v) is 7.06.